The lowest BCUT2D eigenvalue weighted by Crippen LogP contribution is -2.09. The molecule has 0 radical (unpaired) electrons. The lowest BCUT2D eigenvalue weighted by molar-refractivity contribution is 0.607. The molecule has 0 aliphatic heterocycles. The molecule has 2 aromatic carbocycles. The Kier molecular flexibility index (Phi) is 4.65. The van der Waals surface area contributed by atoms with Crippen LogP contribution >= 0.6 is 0 Å². The number of aryl methyl sites for hydroxylation is 1. The minimum Gasteiger partial charge on any atom is -0.339 e. The van der Waals surface area contributed by atoms with Crippen molar-refractivity contribution in [3.8, 4) is 17.3 Å². The summed E-state index contributed by atoms with van der Waals surface area (Å²) in [6.45, 7) is 1.88. The van der Waals surface area contributed by atoms with E-state index in [1.165, 1.54) is 0 Å². The molecule has 8 heteroatoms. The van der Waals surface area contributed by atoms with Gasteiger partial charge in [0.2, 0.25) is 10.0 Å². The molecular formula is C18H17N5O2S. The molecule has 1 heterocycles. The highest BCUT2D eigenvalue weighted by atomic mass is 32.2. The van der Waals surface area contributed by atoms with Gasteiger partial charge in [0.25, 0.3) is 0 Å². The Labute approximate surface area is 151 Å². The maximum atomic E-state index is 11.3. The van der Waals surface area contributed by atoms with E-state index in [9.17, 15) is 8.42 Å². The highest BCUT2D eigenvalue weighted by molar-refractivity contribution is 7.92. The van der Waals surface area contributed by atoms with Crippen molar-refractivity contribution in [2.75, 3.05) is 16.3 Å². The van der Waals surface area contributed by atoms with Crippen LogP contribution in [0.3, 0.4) is 0 Å². The van der Waals surface area contributed by atoms with Crippen LogP contribution in [-0.2, 0) is 10.0 Å². The number of H-pyrrole nitrogens is 1. The minimum absolute atomic E-state index is 0.510. The standard InChI is InChI=1S/C18H17N5O2S/c1-12-9-15(23-26(2,24)25)7-8-16(12)20-18-10-17(21-22-18)14-5-3-13(11-19)4-6-14/h3-10,23H,1-2H3,(H2,20,21,22). The monoisotopic (exact) mass is 367 g/mol. The number of nitriles is 1. The highest BCUT2D eigenvalue weighted by Crippen LogP contribution is 2.26. The quantitative estimate of drug-likeness (QED) is 0.640. The fraction of sp³-hybridized carbons (Fsp3) is 0.111. The van der Waals surface area contributed by atoms with Crippen LogP contribution in [0, 0.1) is 18.3 Å². The molecule has 132 valence electrons. The van der Waals surface area contributed by atoms with E-state index in [1.807, 2.05) is 25.1 Å². The highest BCUT2D eigenvalue weighted by Gasteiger charge is 2.08. The maximum Gasteiger partial charge on any atom is 0.229 e. The zero-order valence-corrected chi connectivity index (χ0v) is 15.1. The number of aromatic nitrogens is 2. The van der Waals surface area contributed by atoms with Gasteiger partial charge in [-0.1, -0.05) is 12.1 Å². The lowest BCUT2D eigenvalue weighted by Gasteiger charge is -2.10. The van der Waals surface area contributed by atoms with Crippen molar-refractivity contribution in [2.24, 2.45) is 0 Å². The van der Waals surface area contributed by atoms with Crippen molar-refractivity contribution >= 4 is 27.2 Å². The van der Waals surface area contributed by atoms with Crippen molar-refractivity contribution in [3.63, 3.8) is 0 Å². The number of nitrogens with zero attached hydrogens (tertiary/aromatic N) is 2. The van der Waals surface area contributed by atoms with E-state index >= 15 is 0 Å². The third-order valence-electron chi connectivity index (χ3n) is 3.70. The fourth-order valence-corrected chi connectivity index (χ4v) is 3.03. The summed E-state index contributed by atoms with van der Waals surface area (Å²) in [5.74, 6) is 0.635. The summed E-state index contributed by atoms with van der Waals surface area (Å²) in [5, 5.41) is 19.3. The van der Waals surface area contributed by atoms with E-state index in [1.54, 1.807) is 30.3 Å². The third-order valence-corrected chi connectivity index (χ3v) is 4.30. The van der Waals surface area contributed by atoms with Gasteiger partial charge in [-0.3, -0.25) is 9.82 Å². The number of aromatic amines is 1. The first-order chi connectivity index (χ1) is 12.3. The Morgan fingerprint density at radius 1 is 1.12 bits per heavy atom. The third kappa shape index (κ3) is 4.20. The zero-order valence-electron chi connectivity index (χ0n) is 14.2. The Bertz CT molecular complexity index is 1080. The number of hydrogen-bond donors (Lipinski definition) is 3. The molecule has 0 amide bonds. The second-order valence-electron chi connectivity index (χ2n) is 5.88. The van der Waals surface area contributed by atoms with Gasteiger partial charge < -0.3 is 5.32 Å². The van der Waals surface area contributed by atoms with E-state index in [-0.39, 0.29) is 0 Å². The summed E-state index contributed by atoms with van der Waals surface area (Å²) in [7, 11) is -3.31. The first kappa shape index (κ1) is 17.5. The van der Waals surface area contributed by atoms with Gasteiger partial charge in [-0.15, -0.1) is 0 Å². The molecule has 7 nitrogen and oxygen atoms in total. The molecule has 0 fully saturated rings. The smallest absolute Gasteiger partial charge is 0.229 e. The Morgan fingerprint density at radius 3 is 2.46 bits per heavy atom. The summed E-state index contributed by atoms with van der Waals surface area (Å²) in [4.78, 5) is 0. The second kappa shape index (κ2) is 6.90. The first-order valence-electron chi connectivity index (χ1n) is 7.75. The summed E-state index contributed by atoms with van der Waals surface area (Å²) >= 11 is 0. The SMILES string of the molecule is Cc1cc(NS(C)(=O)=O)ccc1Nc1cc(-c2ccc(C#N)cc2)[nH]n1. The fourth-order valence-electron chi connectivity index (χ4n) is 2.48. The molecule has 0 bridgehead atoms. The Hall–Kier alpha value is -3.31. The number of nitrogens with one attached hydrogen (secondary N) is 3. The number of hydrogen-bond acceptors (Lipinski definition) is 5. The molecule has 0 saturated heterocycles. The summed E-state index contributed by atoms with van der Waals surface area (Å²) in [6.07, 6.45) is 1.11. The van der Waals surface area contributed by atoms with Gasteiger partial charge in [-0.2, -0.15) is 10.4 Å². The van der Waals surface area contributed by atoms with Gasteiger partial charge in [0.15, 0.2) is 5.82 Å². The predicted molar refractivity (Wildman–Crippen MR) is 102 cm³/mol. The van der Waals surface area contributed by atoms with E-state index in [4.69, 9.17) is 5.26 Å². The largest absolute Gasteiger partial charge is 0.339 e. The van der Waals surface area contributed by atoms with E-state index in [0.717, 1.165) is 28.8 Å². The Balaban J connectivity index is 1.77. The van der Waals surface area contributed by atoms with Crippen LogP contribution in [0.4, 0.5) is 17.2 Å². The van der Waals surface area contributed by atoms with Crippen LogP contribution in [-0.4, -0.2) is 24.9 Å². The first-order valence-corrected chi connectivity index (χ1v) is 9.64. The predicted octanol–water partition coefficient (Wildman–Crippen LogP) is 3.37. The number of rotatable bonds is 5. The Morgan fingerprint density at radius 2 is 1.85 bits per heavy atom. The van der Waals surface area contributed by atoms with Crippen LogP contribution in [0.25, 0.3) is 11.3 Å². The van der Waals surface area contributed by atoms with Crippen LogP contribution in [0.5, 0.6) is 0 Å². The van der Waals surface area contributed by atoms with Gasteiger partial charge in [0, 0.05) is 17.4 Å². The van der Waals surface area contributed by atoms with Crippen molar-refractivity contribution in [1.82, 2.24) is 10.2 Å². The molecule has 0 aliphatic rings. The van der Waals surface area contributed by atoms with Crippen LogP contribution < -0.4 is 10.0 Å². The molecule has 3 rings (SSSR count). The van der Waals surface area contributed by atoms with Crippen molar-refractivity contribution in [1.29, 1.82) is 5.26 Å². The molecule has 26 heavy (non-hydrogen) atoms. The van der Waals surface area contributed by atoms with Gasteiger partial charge >= 0.3 is 0 Å². The van der Waals surface area contributed by atoms with E-state index in [0.29, 0.717) is 17.1 Å². The molecule has 1 aromatic heterocycles. The molecule has 0 saturated carbocycles. The van der Waals surface area contributed by atoms with Gasteiger partial charge in [0.05, 0.1) is 23.6 Å². The van der Waals surface area contributed by atoms with E-state index in [2.05, 4.69) is 26.3 Å². The lowest BCUT2D eigenvalue weighted by atomic mass is 10.1. The van der Waals surface area contributed by atoms with E-state index < -0.39 is 10.0 Å². The number of sulfonamides is 1. The number of benzene rings is 2. The van der Waals surface area contributed by atoms with Crippen LogP contribution in [0.2, 0.25) is 0 Å². The van der Waals surface area contributed by atoms with Crippen molar-refractivity contribution in [3.05, 3.63) is 59.7 Å². The van der Waals surface area contributed by atoms with Gasteiger partial charge in [0.1, 0.15) is 0 Å². The molecule has 3 aromatic rings. The summed E-state index contributed by atoms with van der Waals surface area (Å²) < 4.78 is 25.1. The van der Waals surface area contributed by atoms with Crippen LogP contribution in [0.15, 0.2) is 48.5 Å². The zero-order chi connectivity index (χ0) is 18.7. The van der Waals surface area contributed by atoms with Crippen molar-refractivity contribution < 1.29 is 8.42 Å². The average molecular weight is 367 g/mol. The topological polar surface area (TPSA) is 111 Å². The molecule has 0 unspecified atom stereocenters. The van der Waals surface area contributed by atoms with Gasteiger partial charge in [-0.25, -0.2) is 8.42 Å². The maximum absolute atomic E-state index is 11.3. The normalized spacial score (nSPS) is 11.0. The second-order valence-corrected chi connectivity index (χ2v) is 7.63. The molecule has 3 N–H and O–H groups in total. The van der Waals surface area contributed by atoms with Gasteiger partial charge in [-0.05, 0) is 48.4 Å². The molecular weight excluding hydrogens is 350 g/mol. The summed E-state index contributed by atoms with van der Waals surface area (Å²) in [6, 6.07) is 16.4. The van der Waals surface area contributed by atoms with Crippen LogP contribution in [0.1, 0.15) is 11.1 Å². The summed E-state index contributed by atoms with van der Waals surface area (Å²) in [5.41, 5.74) is 4.56. The molecule has 0 aliphatic carbocycles. The minimum atomic E-state index is -3.31. The number of anilines is 3. The van der Waals surface area contributed by atoms with Crippen molar-refractivity contribution in [2.45, 2.75) is 6.92 Å². The molecule has 0 spiro atoms. The molecule has 0 atom stereocenters. The average Bonchev–Trinajstić information content (AvgIpc) is 3.05.